The molecule has 66 valence electrons. The maximum absolute atomic E-state index is 3.28. The van der Waals surface area contributed by atoms with E-state index in [1.165, 1.54) is 13.0 Å². The molecule has 0 aliphatic heterocycles. The molecule has 0 atom stereocenters. The normalized spacial score (nSPS) is 8.40. The molecule has 0 aromatic heterocycles. The van der Waals surface area contributed by atoms with Gasteiger partial charge in [0.05, 0.1) is 0 Å². The highest BCUT2D eigenvalue weighted by atomic mass is 35.5. The first-order valence-corrected chi connectivity index (χ1v) is 3.48. The summed E-state index contributed by atoms with van der Waals surface area (Å²) in [6.45, 7) is 8.91. The first-order valence-electron chi connectivity index (χ1n) is 3.48. The lowest BCUT2D eigenvalue weighted by molar-refractivity contribution is 0.546. The van der Waals surface area contributed by atoms with Crippen LogP contribution >= 0.6 is 12.4 Å². The fourth-order valence-corrected chi connectivity index (χ4v) is 0.568. The molecule has 0 aromatic carbocycles. The zero-order valence-electron chi connectivity index (χ0n) is 7.11. The molecule has 0 aliphatic rings. The van der Waals surface area contributed by atoms with Crippen molar-refractivity contribution < 1.29 is 5.48 Å². The molecule has 0 aromatic rings. The minimum absolute atomic E-state index is 0. The fraction of sp³-hybridized carbons (Fsp3) is 1.00. The lowest BCUT2D eigenvalue weighted by Gasteiger charge is -2.02. The quantitative estimate of drug-likeness (QED) is 0.633. The molecule has 0 bridgehead atoms. The third kappa shape index (κ3) is 15.7. The van der Waals surface area contributed by atoms with E-state index in [9.17, 15) is 0 Å². The largest absolute Gasteiger partial charge is 0.412 e. The van der Waals surface area contributed by atoms with Crippen LogP contribution in [0.2, 0.25) is 0 Å². The fourth-order valence-electron chi connectivity index (χ4n) is 0.568. The molecule has 0 saturated heterocycles. The van der Waals surface area contributed by atoms with Gasteiger partial charge in [0, 0.05) is 0 Å². The van der Waals surface area contributed by atoms with Crippen molar-refractivity contribution in [1.29, 1.82) is 0 Å². The molecule has 0 amide bonds. The van der Waals surface area contributed by atoms with E-state index in [0.717, 1.165) is 12.5 Å². The third-order valence-corrected chi connectivity index (χ3v) is 1.15. The lowest BCUT2D eigenvalue weighted by Crippen LogP contribution is -2.15. The van der Waals surface area contributed by atoms with Gasteiger partial charge in [-0.2, -0.15) is 0 Å². The van der Waals surface area contributed by atoms with Crippen LogP contribution in [-0.4, -0.2) is 18.6 Å². The molecule has 0 heterocycles. The minimum atomic E-state index is 0. The van der Waals surface area contributed by atoms with Gasteiger partial charge in [-0.05, 0) is 25.4 Å². The van der Waals surface area contributed by atoms with Crippen molar-refractivity contribution in [1.82, 2.24) is 5.32 Å². The Balaban J connectivity index is -0.000000245. The van der Waals surface area contributed by atoms with Gasteiger partial charge in [-0.1, -0.05) is 20.8 Å². The van der Waals surface area contributed by atoms with E-state index in [-0.39, 0.29) is 17.9 Å². The number of hydrogen-bond acceptors (Lipinski definition) is 1. The summed E-state index contributed by atoms with van der Waals surface area (Å²) in [6, 6.07) is 0. The minimum Gasteiger partial charge on any atom is -0.412 e. The Bertz CT molecular complexity index is 50.9. The van der Waals surface area contributed by atoms with Crippen LogP contribution in [0.25, 0.3) is 0 Å². The highest BCUT2D eigenvalue weighted by molar-refractivity contribution is 5.85. The van der Waals surface area contributed by atoms with Crippen LogP contribution in [0.4, 0.5) is 0 Å². The van der Waals surface area contributed by atoms with Gasteiger partial charge in [0.2, 0.25) is 0 Å². The summed E-state index contributed by atoms with van der Waals surface area (Å²) in [4.78, 5) is 0. The van der Waals surface area contributed by atoms with Gasteiger partial charge in [0.15, 0.2) is 0 Å². The van der Waals surface area contributed by atoms with E-state index in [4.69, 9.17) is 0 Å². The van der Waals surface area contributed by atoms with Crippen molar-refractivity contribution >= 4 is 12.4 Å². The second-order valence-electron chi connectivity index (χ2n) is 2.54. The molecule has 3 N–H and O–H groups in total. The Morgan fingerprint density at radius 1 is 1.30 bits per heavy atom. The van der Waals surface area contributed by atoms with Crippen LogP contribution < -0.4 is 5.32 Å². The van der Waals surface area contributed by atoms with Crippen molar-refractivity contribution in [3.05, 3.63) is 0 Å². The topological polar surface area (TPSA) is 43.5 Å². The Kier molecular flexibility index (Phi) is 19.9. The van der Waals surface area contributed by atoms with Crippen molar-refractivity contribution in [2.45, 2.75) is 27.2 Å². The summed E-state index contributed by atoms with van der Waals surface area (Å²) in [7, 11) is 0. The van der Waals surface area contributed by atoms with Crippen molar-refractivity contribution in [2.75, 3.05) is 13.1 Å². The molecule has 2 nitrogen and oxygen atoms in total. The van der Waals surface area contributed by atoms with Crippen molar-refractivity contribution in [3.63, 3.8) is 0 Å². The molecule has 0 aliphatic carbocycles. The highest BCUT2D eigenvalue weighted by Gasteiger charge is 1.89. The van der Waals surface area contributed by atoms with Gasteiger partial charge in [-0.3, -0.25) is 0 Å². The maximum Gasteiger partial charge on any atom is -0.00466 e. The standard InChI is InChI=1S/C7H17N.ClH.H2O/c1-4-8-6-5-7(2)3;;/h7-8H,4-6H2,1-3H3;1H;1H2. The first-order chi connectivity index (χ1) is 3.77. The smallest absolute Gasteiger partial charge is 0.00466 e. The predicted octanol–water partition coefficient (Wildman–Crippen LogP) is 1.24. The Labute approximate surface area is 70.1 Å². The number of rotatable bonds is 4. The molecule has 0 rings (SSSR count). The van der Waals surface area contributed by atoms with Crippen LogP contribution in [0.1, 0.15) is 27.2 Å². The van der Waals surface area contributed by atoms with Crippen LogP contribution in [0.3, 0.4) is 0 Å². The second-order valence-corrected chi connectivity index (χ2v) is 2.54. The zero-order valence-corrected chi connectivity index (χ0v) is 7.92. The summed E-state index contributed by atoms with van der Waals surface area (Å²) >= 11 is 0. The van der Waals surface area contributed by atoms with Crippen LogP contribution in [0.5, 0.6) is 0 Å². The predicted molar refractivity (Wildman–Crippen MR) is 48.9 cm³/mol. The number of nitrogens with one attached hydrogen (secondary N) is 1. The summed E-state index contributed by atoms with van der Waals surface area (Å²) in [6.07, 6.45) is 1.30. The van der Waals surface area contributed by atoms with Gasteiger partial charge < -0.3 is 10.8 Å². The molecule has 3 heteroatoms. The van der Waals surface area contributed by atoms with Gasteiger partial charge in [0.25, 0.3) is 0 Å². The SMILES string of the molecule is CCNCCC(C)C.Cl.O. The average molecular weight is 170 g/mol. The van der Waals surface area contributed by atoms with Crippen molar-refractivity contribution in [3.8, 4) is 0 Å². The van der Waals surface area contributed by atoms with E-state index in [1.54, 1.807) is 0 Å². The molecular weight excluding hydrogens is 150 g/mol. The second kappa shape index (κ2) is 11.9. The third-order valence-electron chi connectivity index (χ3n) is 1.15. The average Bonchev–Trinajstić information content (AvgIpc) is 1.66. The Morgan fingerprint density at radius 2 is 1.80 bits per heavy atom. The van der Waals surface area contributed by atoms with E-state index in [2.05, 4.69) is 26.1 Å². The van der Waals surface area contributed by atoms with E-state index < -0.39 is 0 Å². The molecule has 0 fully saturated rings. The zero-order chi connectivity index (χ0) is 6.41. The van der Waals surface area contributed by atoms with Crippen molar-refractivity contribution in [2.24, 2.45) is 5.92 Å². The summed E-state index contributed by atoms with van der Waals surface area (Å²) in [5.74, 6) is 0.842. The lowest BCUT2D eigenvalue weighted by atomic mass is 10.1. The van der Waals surface area contributed by atoms with E-state index in [0.29, 0.717) is 0 Å². The Morgan fingerprint density at radius 3 is 2.10 bits per heavy atom. The van der Waals surface area contributed by atoms with Crippen LogP contribution in [0, 0.1) is 5.92 Å². The van der Waals surface area contributed by atoms with Gasteiger partial charge >= 0.3 is 0 Å². The summed E-state index contributed by atoms with van der Waals surface area (Å²) in [5, 5.41) is 3.28. The molecule has 10 heavy (non-hydrogen) atoms. The molecular formula is C7H20ClNO. The summed E-state index contributed by atoms with van der Waals surface area (Å²) in [5.41, 5.74) is 0. The number of hydrogen-bond donors (Lipinski definition) is 1. The molecule has 0 spiro atoms. The molecule has 0 saturated carbocycles. The highest BCUT2D eigenvalue weighted by Crippen LogP contribution is 1.95. The van der Waals surface area contributed by atoms with E-state index in [1.807, 2.05) is 0 Å². The number of halogens is 1. The van der Waals surface area contributed by atoms with Gasteiger partial charge in [-0.15, -0.1) is 12.4 Å². The maximum atomic E-state index is 3.28. The Hall–Kier alpha value is 0.210. The first kappa shape index (κ1) is 16.7. The van der Waals surface area contributed by atoms with Crippen LogP contribution in [-0.2, 0) is 0 Å². The molecule has 0 unspecified atom stereocenters. The van der Waals surface area contributed by atoms with Crippen LogP contribution in [0.15, 0.2) is 0 Å². The van der Waals surface area contributed by atoms with Gasteiger partial charge in [0.1, 0.15) is 0 Å². The van der Waals surface area contributed by atoms with E-state index >= 15 is 0 Å². The molecule has 0 radical (unpaired) electrons. The monoisotopic (exact) mass is 169 g/mol. The summed E-state index contributed by atoms with van der Waals surface area (Å²) < 4.78 is 0. The van der Waals surface area contributed by atoms with Gasteiger partial charge in [-0.25, -0.2) is 0 Å².